The highest BCUT2D eigenvalue weighted by Crippen LogP contribution is 2.51. The molecule has 21 heavy (non-hydrogen) atoms. The van der Waals surface area contributed by atoms with Gasteiger partial charge >= 0.3 is 0 Å². The third-order valence-electron chi connectivity index (χ3n) is 4.08. The van der Waals surface area contributed by atoms with E-state index in [2.05, 4.69) is 18.4 Å². The molecule has 1 fully saturated rings. The first-order chi connectivity index (χ1) is 10.1. The Balaban J connectivity index is 1.61. The van der Waals surface area contributed by atoms with Gasteiger partial charge in [0.05, 0.1) is 0 Å². The number of thiophene rings is 1. The fourth-order valence-electron chi connectivity index (χ4n) is 2.76. The second-order valence-electron chi connectivity index (χ2n) is 5.78. The Morgan fingerprint density at radius 3 is 2.67 bits per heavy atom. The van der Waals surface area contributed by atoms with E-state index in [1.165, 1.54) is 10.4 Å². The number of hydrogen-bond donors (Lipinski definition) is 1. The molecule has 1 aliphatic rings. The van der Waals surface area contributed by atoms with Crippen LogP contribution in [-0.2, 0) is 11.3 Å². The smallest absolute Gasteiger partial charge is 0.226 e. The van der Waals surface area contributed by atoms with Gasteiger partial charge in [-0.2, -0.15) is 0 Å². The molecule has 0 saturated heterocycles. The average molecular weight is 301 g/mol. The zero-order valence-electron chi connectivity index (χ0n) is 12.2. The van der Waals surface area contributed by atoms with Gasteiger partial charge in [0.1, 0.15) is 5.75 Å². The van der Waals surface area contributed by atoms with Crippen molar-refractivity contribution in [3.63, 3.8) is 0 Å². The van der Waals surface area contributed by atoms with E-state index in [4.69, 9.17) is 0 Å². The van der Waals surface area contributed by atoms with Gasteiger partial charge in [-0.25, -0.2) is 0 Å². The van der Waals surface area contributed by atoms with Crippen molar-refractivity contribution in [1.29, 1.82) is 0 Å². The maximum absolute atomic E-state index is 12.5. The molecule has 1 aromatic heterocycles. The molecular weight excluding hydrogens is 282 g/mol. The van der Waals surface area contributed by atoms with Crippen LogP contribution in [0.4, 0.5) is 0 Å². The monoisotopic (exact) mass is 301 g/mol. The Kier molecular flexibility index (Phi) is 3.72. The first-order valence-electron chi connectivity index (χ1n) is 7.13. The Bertz CT molecular complexity index is 647. The minimum absolute atomic E-state index is 0.143. The minimum Gasteiger partial charge on any atom is -0.508 e. The van der Waals surface area contributed by atoms with E-state index >= 15 is 0 Å². The van der Waals surface area contributed by atoms with Crippen LogP contribution >= 0.6 is 11.3 Å². The molecule has 1 saturated carbocycles. The predicted octanol–water partition coefficient (Wildman–Crippen LogP) is 3.52. The summed E-state index contributed by atoms with van der Waals surface area (Å²) in [5.41, 5.74) is 2.34. The second-order valence-corrected chi connectivity index (χ2v) is 6.72. The lowest BCUT2D eigenvalue weighted by molar-refractivity contribution is -0.131. The number of aromatic hydroxyl groups is 1. The summed E-state index contributed by atoms with van der Waals surface area (Å²) in [5.74, 6) is 1.04. The standard InChI is InChI=1S/C17H19NO2S/c1-11-7-8-21-16(11)14-9-15(14)17(20)18(2)10-12-3-5-13(19)6-4-12/h3-8,14-15,19H,9-10H2,1-2H3/t14-,15+/m1/s1. The highest BCUT2D eigenvalue weighted by atomic mass is 32.1. The minimum atomic E-state index is 0.143. The van der Waals surface area contributed by atoms with Gasteiger partial charge in [-0.05, 0) is 48.1 Å². The van der Waals surface area contributed by atoms with Crippen molar-refractivity contribution >= 4 is 17.2 Å². The molecule has 0 radical (unpaired) electrons. The van der Waals surface area contributed by atoms with E-state index in [1.807, 2.05) is 19.2 Å². The van der Waals surface area contributed by atoms with Crippen LogP contribution in [0.15, 0.2) is 35.7 Å². The van der Waals surface area contributed by atoms with Crippen LogP contribution in [-0.4, -0.2) is 23.0 Å². The maximum Gasteiger partial charge on any atom is 0.226 e. The number of hydrogen-bond acceptors (Lipinski definition) is 3. The van der Waals surface area contributed by atoms with Crippen molar-refractivity contribution < 1.29 is 9.90 Å². The van der Waals surface area contributed by atoms with Crippen molar-refractivity contribution in [3.8, 4) is 5.75 Å². The normalized spacial score (nSPS) is 20.3. The fourth-order valence-corrected chi connectivity index (χ4v) is 3.87. The molecule has 3 nitrogen and oxygen atoms in total. The van der Waals surface area contributed by atoms with Crippen LogP contribution in [0, 0.1) is 12.8 Å². The number of carbonyl (C=O) groups excluding carboxylic acids is 1. The average Bonchev–Trinajstić information content (AvgIpc) is 3.15. The lowest BCUT2D eigenvalue weighted by Gasteiger charge is -2.17. The van der Waals surface area contributed by atoms with Crippen LogP contribution in [0.5, 0.6) is 5.75 Å². The Hall–Kier alpha value is -1.81. The third-order valence-corrected chi connectivity index (χ3v) is 5.23. The quantitative estimate of drug-likeness (QED) is 0.938. The summed E-state index contributed by atoms with van der Waals surface area (Å²) in [6.07, 6.45) is 0.972. The van der Waals surface area contributed by atoms with Crippen molar-refractivity contribution in [1.82, 2.24) is 4.90 Å². The zero-order valence-corrected chi connectivity index (χ0v) is 13.1. The first-order valence-corrected chi connectivity index (χ1v) is 8.01. The fraction of sp³-hybridized carbons (Fsp3) is 0.353. The van der Waals surface area contributed by atoms with Crippen molar-refractivity contribution in [2.45, 2.75) is 25.8 Å². The number of carbonyl (C=O) groups is 1. The Labute approximate surface area is 128 Å². The van der Waals surface area contributed by atoms with Gasteiger partial charge in [-0.3, -0.25) is 4.79 Å². The lowest BCUT2D eigenvalue weighted by Crippen LogP contribution is -2.28. The van der Waals surface area contributed by atoms with Gasteiger partial charge in [0, 0.05) is 30.3 Å². The molecule has 110 valence electrons. The Morgan fingerprint density at radius 2 is 2.05 bits per heavy atom. The van der Waals surface area contributed by atoms with Crippen molar-refractivity contribution in [2.75, 3.05) is 7.05 Å². The number of aryl methyl sites for hydroxylation is 1. The van der Waals surface area contributed by atoms with Gasteiger partial charge < -0.3 is 10.0 Å². The van der Waals surface area contributed by atoms with Gasteiger partial charge in [0.25, 0.3) is 0 Å². The summed E-state index contributed by atoms with van der Waals surface area (Å²) in [7, 11) is 1.85. The summed E-state index contributed by atoms with van der Waals surface area (Å²) >= 11 is 1.76. The Morgan fingerprint density at radius 1 is 1.33 bits per heavy atom. The molecular formula is C17H19NO2S. The van der Waals surface area contributed by atoms with Crippen LogP contribution in [0.1, 0.15) is 28.3 Å². The highest BCUT2D eigenvalue weighted by Gasteiger charge is 2.46. The van der Waals surface area contributed by atoms with Gasteiger partial charge in [-0.15, -0.1) is 11.3 Å². The molecule has 0 bridgehead atoms. The summed E-state index contributed by atoms with van der Waals surface area (Å²) in [4.78, 5) is 15.6. The number of phenolic OH excluding ortho intramolecular Hbond substituents is 1. The SMILES string of the molecule is Cc1ccsc1[C@@H]1C[C@@H]1C(=O)N(C)Cc1ccc(O)cc1. The molecule has 0 unspecified atom stereocenters. The largest absolute Gasteiger partial charge is 0.508 e. The molecule has 4 heteroatoms. The predicted molar refractivity (Wildman–Crippen MR) is 84.5 cm³/mol. The molecule has 1 aromatic carbocycles. The van der Waals surface area contributed by atoms with Crippen LogP contribution in [0.2, 0.25) is 0 Å². The molecule has 1 N–H and O–H groups in total. The molecule has 1 amide bonds. The topological polar surface area (TPSA) is 40.5 Å². The molecule has 0 spiro atoms. The molecule has 2 atom stereocenters. The number of amides is 1. The van der Waals surface area contributed by atoms with E-state index in [0.717, 1.165) is 12.0 Å². The van der Waals surface area contributed by atoms with E-state index in [0.29, 0.717) is 12.5 Å². The van der Waals surface area contributed by atoms with Crippen molar-refractivity contribution in [2.24, 2.45) is 5.92 Å². The van der Waals surface area contributed by atoms with Gasteiger partial charge in [0.15, 0.2) is 0 Å². The summed E-state index contributed by atoms with van der Waals surface area (Å²) in [5, 5.41) is 11.4. The van der Waals surface area contributed by atoms with Crippen LogP contribution in [0.3, 0.4) is 0 Å². The second kappa shape index (κ2) is 5.53. The number of nitrogens with zero attached hydrogens (tertiary/aromatic N) is 1. The molecule has 1 heterocycles. The molecule has 0 aliphatic heterocycles. The summed E-state index contributed by atoms with van der Waals surface area (Å²) < 4.78 is 0. The zero-order chi connectivity index (χ0) is 15.0. The van der Waals surface area contributed by atoms with E-state index < -0.39 is 0 Å². The van der Waals surface area contributed by atoms with E-state index in [1.54, 1.807) is 28.4 Å². The summed E-state index contributed by atoms with van der Waals surface area (Å²) in [6.45, 7) is 2.71. The van der Waals surface area contributed by atoms with E-state index in [9.17, 15) is 9.90 Å². The molecule has 1 aliphatic carbocycles. The third kappa shape index (κ3) is 2.95. The summed E-state index contributed by atoms with van der Waals surface area (Å²) in [6, 6.07) is 9.14. The molecule has 2 aromatic rings. The van der Waals surface area contributed by atoms with Crippen LogP contribution < -0.4 is 0 Å². The van der Waals surface area contributed by atoms with E-state index in [-0.39, 0.29) is 17.6 Å². The first kappa shape index (κ1) is 14.1. The highest BCUT2D eigenvalue weighted by molar-refractivity contribution is 7.10. The van der Waals surface area contributed by atoms with Gasteiger partial charge in [0.2, 0.25) is 5.91 Å². The van der Waals surface area contributed by atoms with Crippen LogP contribution in [0.25, 0.3) is 0 Å². The number of phenols is 1. The molecule has 3 rings (SSSR count). The lowest BCUT2D eigenvalue weighted by atomic mass is 10.1. The number of benzene rings is 1. The van der Waals surface area contributed by atoms with Crippen molar-refractivity contribution in [3.05, 3.63) is 51.7 Å². The maximum atomic E-state index is 12.5. The van der Waals surface area contributed by atoms with Gasteiger partial charge in [-0.1, -0.05) is 12.1 Å². The number of rotatable bonds is 4.